The fourth-order valence-corrected chi connectivity index (χ4v) is 2.81. The first-order valence-corrected chi connectivity index (χ1v) is 7.64. The molecule has 0 aliphatic carbocycles. The third-order valence-corrected chi connectivity index (χ3v) is 4.35. The van der Waals surface area contributed by atoms with E-state index in [-0.39, 0.29) is 6.04 Å². The molecule has 1 atom stereocenters. The van der Waals surface area contributed by atoms with E-state index in [1.165, 1.54) is 5.56 Å². The standard InChI is InChI=1S/C17H16Cl2N2/c1-11(12-6-8-13(18)9-7-12)20-10-16-17(19)14-4-2-3-5-15(14)21-16/h2-9,11,20-21H,10H2,1H3/t11-/m0/s1. The lowest BCUT2D eigenvalue weighted by Gasteiger charge is -2.14. The molecule has 1 heterocycles. The number of hydrogen-bond acceptors (Lipinski definition) is 1. The predicted octanol–water partition coefficient (Wildman–Crippen LogP) is 5.33. The first-order valence-electron chi connectivity index (χ1n) is 6.89. The highest BCUT2D eigenvalue weighted by Gasteiger charge is 2.10. The number of aromatic nitrogens is 1. The molecule has 4 heteroatoms. The second kappa shape index (κ2) is 6.10. The zero-order valence-corrected chi connectivity index (χ0v) is 13.2. The summed E-state index contributed by atoms with van der Waals surface area (Å²) in [6.45, 7) is 2.82. The van der Waals surface area contributed by atoms with E-state index >= 15 is 0 Å². The van der Waals surface area contributed by atoms with Crippen molar-refractivity contribution in [2.24, 2.45) is 0 Å². The minimum atomic E-state index is 0.227. The van der Waals surface area contributed by atoms with Gasteiger partial charge in [0.25, 0.3) is 0 Å². The molecular formula is C17H16Cl2N2. The Bertz CT molecular complexity index is 747. The maximum absolute atomic E-state index is 6.42. The van der Waals surface area contributed by atoms with Gasteiger partial charge in [0.2, 0.25) is 0 Å². The Hall–Kier alpha value is -1.48. The molecule has 1 aromatic heterocycles. The second-order valence-electron chi connectivity index (χ2n) is 5.12. The monoisotopic (exact) mass is 318 g/mol. The third-order valence-electron chi connectivity index (χ3n) is 3.67. The van der Waals surface area contributed by atoms with Crippen LogP contribution in [0, 0.1) is 0 Å². The zero-order valence-electron chi connectivity index (χ0n) is 11.7. The molecule has 0 bridgehead atoms. The normalized spacial score (nSPS) is 12.7. The van der Waals surface area contributed by atoms with Gasteiger partial charge >= 0.3 is 0 Å². The number of hydrogen-bond donors (Lipinski definition) is 2. The lowest BCUT2D eigenvalue weighted by molar-refractivity contribution is 0.569. The lowest BCUT2D eigenvalue weighted by atomic mass is 10.1. The molecule has 21 heavy (non-hydrogen) atoms. The highest BCUT2D eigenvalue weighted by Crippen LogP contribution is 2.27. The minimum absolute atomic E-state index is 0.227. The van der Waals surface area contributed by atoms with Gasteiger partial charge in [-0.05, 0) is 30.7 Å². The number of benzene rings is 2. The van der Waals surface area contributed by atoms with Crippen molar-refractivity contribution >= 4 is 34.1 Å². The molecule has 0 saturated heterocycles. The van der Waals surface area contributed by atoms with Gasteiger partial charge in [-0.25, -0.2) is 0 Å². The van der Waals surface area contributed by atoms with Crippen LogP contribution in [-0.4, -0.2) is 4.98 Å². The average Bonchev–Trinajstić information content (AvgIpc) is 2.82. The first kappa shape index (κ1) is 14.5. The summed E-state index contributed by atoms with van der Waals surface area (Å²) in [5.74, 6) is 0. The van der Waals surface area contributed by atoms with Crippen molar-refractivity contribution in [1.29, 1.82) is 0 Å². The largest absolute Gasteiger partial charge is 0.356 e. The molecule has 0 aliphatic heterocycles. The number of aromatic amines is 1. The van der Waals surface area contributed by atoms with Crippen molar-refractivity contribution in [2.75, 3.05) is 0 Å². The van der Waals surface area contributed by atoms with Crippen molar-refractivity contribution in [3.63, 3.8) is 0 Å². The molecule has 3 aromatic rings. The van der Waals surface area contributed by atoms with E-state index < -0.39 is 0 Å². The van der Waals surface area contributed by atoms with Crippen molar-refractivity contribution < 1.29 is 0 Å². The predicted molar refractivity (Wildman–Crippen MR) is 90.0 cm³/mol. The SMILES string of the molecule is C[C@H](NCc1[nH]c2ccccc2c1Cl)c1ccc(Cl)cc1. The maximum Gasteiger partial charge on any atom is 0.0705 e. The summed E-state index contributed by atoms with van der Waals surface area (Å²) in [5.41, 5.74) is 3.28. The van der Waals surface area contributed by atoms with Crippen molar-refractivity contribution in [3.8, 4) is 0 Å². The van der Waals surface area contributed by atoms with Crippen LogP contribution in [0.1, 0.15) is 24.2 Å². The summed E-state index contributed by atoms with van der Waals surface area (Å²) in [6.07, 6.45) is 0. The number of halogens is 2. The number of para-hydroxylation sites is 1. The average molecular weight is 319 g/mol. The van der Waals surface area contributed by atoms with Gasteiger partial charge < -0.3 is 10.3 Å². The molecular weight excluding hydrogens is 303 g/mol. The van der Waals surface area contributed by atoms with Gasteiger partial charge in [0.05, 0.1) is 5.02 Å². The van der Waals surface area contributed by atoms with E-state index in [0.717, 1.165) is 26.6 Å². The lowest BCUT2D eigenvalue weighted by Crippen LogP contribution is -2.18. The molecule has 0 radical (unpaired) electrons. The molecule has 3 rings (SSSR count). The van der Waals surface area contributed by atoms with Gasteiger partial charge in [-0.2, -0.15) is 0 Å². The molecule has 2 nitrogen and oxygen atoms in total. The summed E-state index contributed by atoms with van der Waals surface area (Å²) >= 11 is 12.3. The molecule has 2 N–H and O–H groups in total. The Balaban J connectivity index is 1.74. The number of fused-ring (bicyclic) bond motifs is 1. The molecule has 0 spiro atoms. The van der Waals surface area contributed by atoms with Crippen LogP contribution in [-0.2, 0) is 6.54 Å². The van der Waals surface area contributed by atoms with E-state index in [1.807, 2.05) is 48.5 Å². The Morgan fingerprint density at radius 1 is 1.05 bits per heavy atom. The van der Waals surface area contributed by atoms with Gasteiger partial charge in [-0.15, -0.1) is 0 Å². The summed E-state index contributed by atoms with van der Waals surface area (Å²) in [4.78, 5) is 3.36. The molecule has 0 aliphatic rings. The topological polar surface area (TPSA) is 27.8 Å². The van der Waals surface area contributed by atoms with Crippen LogP contribution >= 0.6 is 23.2 Å². The van der Waals surface area contributed by atoms with Gasteiger partial charge in [0.15, 0.2) is 0 Å². The van der Waals surface area contributed by atoms with E-state index in [2.05, 4.69) is 17.2 Å². The third kappa shape index (κ3) is 3.08. The molecule has 108 valence electrons. The maximum atomic E-state index is 6.42. The minimum Gasteiger partial charge on any atom is -0.356 e. The molecule has 0 unspecified atom stereocenters. The van der Waals surface area contributed by atoms with Crippen LogP contribution in [0.25, 0.3) is 10.9 Å². The summed E-state index contributed by atoms with van der Waals surface area (Å²) in [6, 6.07) is 16.2. The Morgan fingerprint density at radius 3 is 2.48 bits per heavy atom. The number of H-pyrrole nitrogens is 1. The van der Waals surface area contributed by atoms with Gasteiger partial charge in [0, 0.05) is 34.2 Å². The highest BCUT2D eigenvalue weighted by molar-refractivity contribution is 6.36. The van der Waals surface area contributed by atoms with Gasteiger partial charge in [-0.3, -0.25) is 0 Å². The number of rotatable bonds is 4. The second-order valence-corrected chi connectivity index (χ2v) is 5.93. The summed E-state index contributed by atoms with van der Waals surface area (Å²) in [5, 5.41) is 6.09. The van der Waals surface area contributed by atoms with Crippen LogP contribution in [0.4, 0.5) is 0 Å². The van der Waals surface area contributed by atoms with E-state index in [1.54, 1.807) is 0 Å². The number of nitrogens with one attached hydrogen (secondary N) is 2. The van der Waals surface area contributed by atoms with E-state index in [0.29, 0.717) is 6.54 Å². The first-order chi connectivity index (χ1) is 10.1. The van der Waals surface area contributed by atoms with Crippen molar-refractivity contribution in [2.45, 2.75) is 19.5 Å². The molecule has 0 saturated carbocycles. The smallest absolute Gasteiger partial charge is 0.0705 e. The van der Waals surface area contributed by atoms with Crippen molar-refractivity contribution in [3.05, 3.63) is 69.8 Å². The van der Waals surface area contributed by atoms with Crippen LogP contribution in [0.3, 0.4) is 0 Å². The Labute approximate surface area is 134 Å². The Morgan fingerprint density at radius 2 is 1.76 bits per heavy atom. The van der Waals surface area contributed by atoms with Crippen LogP contribution < -0.4 is 5.32 Å². The van der Waals surface area contributed by atoms with Gasteiger partial charge in [0.1, 0.15) is 0 Å². The summed E-state index contributed by atoms with van der Waals surface area (Å²) in [7, 11) is 0. The van der Waals surface area contributed by atoms with Crippen LogP contribution in [0.2, 0.25) is 10.0 Å². The van der Waals surface area contributed by atoms with E-state index in [9.17, 15) is 0 Å². The van der Waals surface area contributed by atoms with Crippen molar-refractivity contribution in [1.82, 2.24) is 10.3 Å². The molecule has 0 fully saturated rings. The molecule has 0 amide bonds. The quantitative estimate of drug-likeness (QED) is 0.669. The van der Waals surface area contributed by atoms with Crippen LogP contribution in [0.5, 0.6) is 0 Å². The van der Waals surface area contributed by atoms with E-state index in [4.69, 9.17) is 23.2 Å². The van der Waals surface area contributed by atoms with Crippen LogP contribution in [0.15, 0.2) is 48.5 Å². The van der Waals surface area contributed by atoms with Gasteiger partial charge in [-0.1, -0.05) is 53.5 Å². The zero-order chi connectivity index (χ0) is 14.8. The highest BCUT2D eigenvalue weighted by atomic mass is 35.5. The Kier molecular flexibility index (Phi) is 4.20. The molecule has 2 aromatic carbocycles. The fourth-order valence-electron chi connectivity index (χ4n) is 2.41. The fraction of sp³-hybridized carbons (Fsp3) is 0.176. The summed E-state index contributed by atoms with van der Waals surface area (Å²) < 4.78 is 0.